The van der Waals surface area contributed by atoms with Crippen LogP contribution >= 0.6 is 0 Å². The number of aromatic nitrogens is 5. The largest absolute Gasteiger partial charge is 2.00 e. The second-order valence-corrected chi connectivity index (χ2v) is 10.7. The van der Waals surface area contributed by atoms with Crippen molar-refractivity contribution in [3.8, 4) is 11.6 Å². The van der Waals surface area contributed by atoms with Crippen LogP contribution in [0.5, 0.6) is 0 Å². The van der Waals surface area contributed by atoms with E-state index in [2.05, 4.69) is 128 Å². The number of pyridine rings is 2. The van der Waals surface area contributed by atoms with Crippen molar-refractivity contribution in [1.29, 1.82) is 0 Å². The van der Waals surface area contributed by atoms with Gasteiger partial charge in [-0.05, 0) is 49.4 Å². The molecule has 204 valence electrons. The van der Waals surface area contributed by atoms with Gasteiger partial charge in [0.25, 0.3) is 0 Å². The van der Waals surface area contributed by atoms with E-state index < -0.39 is 0 Å². The number of fused-ring (bicyclic) bond motifs is 7. The van der Waals surface area contributed by atoms with Gasteiger partial charge in [-0.15, -0.1) is 11.8 Å². The van der Waals surface area contributed by atoms with Gasteiger partial charge in [-0.3, -0.25) is 4.57 Å². The van der Waals surface area contributed by atoms with Gasteiger partial charge in [0.05, 0.1) is 11.6 Å². The van der Waals surface area contributed by atoms with Gasteiger partial charge in [0.15, 0.2) is 0 Å². The van der Waals surface area contributed by atoms with Gasteiger partial charge in [0.1, 0.15) is 22.9 Å². The second kappa shape index (κ2) is 9.43. The minimum atomic E-state index is 0. The number of hydrogen-bond acceptors (Lipinski definition) is 3. The maximum Gasteiger partial charge on any atom is 2.00 e. The molecule has 6 nitrogen and oxygen atoms in total. The summed E-state index contributed by atoms with van der Waals surface area (Å²) in [6, 6.07) is 34.4. The molecule has 7 heteroatoms. The molecule has 0 spiro atoms. The molecule has 5 aromatic heterocycles. The van der Waals surface area contributed by atoms with Gasteiger partial charge in [0.2, 0.25) is 0 Å². The van der Waals surface area contributed by atoms with Crippen LogP contribution < -0.4 is 4.90 Å². The number of anilines is 2. The summed E-state index contributed by atoms with van der Waals surface area (Å²) in [5.41, 5.74) is 5.22. The molecule has 0 saturated heterocycles. The molecule has 1 aliphatic heterocycles. The van der Waals surface area contributed by atoms with E-state index in [0.29, 0.717) is 0 Å². The zero-order valence-corrected chi connectivity index (χ0v) is 24.9. The van der Waals surface area contributed by atoms with Crippen molar-refractivity contribution in [2.45, 2.75) is 12.0 Å². The van der Waals surface area contributed by atoms with Crippen LogP contribution in [0.4, 0.5) is 11.5 Å². The Kier molecular flexibility index (Phi) is 5.63. The van der Waals surface area contributed by atoms with Crippen LogP contribution in [0.3, 0.4) is 0 Å². The molecule has 2 atom stereocenters. The van der Waals surface area contributed by atoms with Crippen molar-refractivity contribution in [3.63, 3.8) is 0 Å². The predicted octanol–water partition coefficient (Wildman–Crippen LogP) is 7.18. The maximum absolute atomic E-state index is 5.37. The van der Waals surface area contributed by atoms with Gasteiger partial charge in [-0.1, -0.05) is 48.2 Å². The van der Waals surface area contributed by atoms with Crippen molar-refractivity contribution in [2.24, 2.45) is 7.05 Å². The van der Waals surface area contributed by atoms with Crippen LogP contribution in [0, 0.1) is 12.1 Å². The molecule has 2 aromatic carbocycles. The molecule has 0 fully saturated rings. The summed E-state index contributed by atoms with van der Waals surface area (Å²) in [5.74, 6) is 2.96. The first-order valence-electron chi connectivity index (χ1n) is 13.8. The summed E-state index contributed by atoms with van der Waals surface area (Å²) in [5, 5.41) is 3.33. The monoisotopic (exact) mass is 723 g/mol. The number of hydrogen-bond donors (Lipinski definition) is 0. The molecule has 0 saturated carbocycles. The molecule has 1 aliphatic carbocycles. The van der Waals surface area contributed by atoms with Crippen LogP contribution in [0.2, 0.25) is 0 Å². The molecule has 0 amide bonds. The zero-order chi connectivity index (χ0) is 27.1. The van der Waals surface area contributed by atoms with Crippen molar-refractivity contribution in [3.05, 3.63) is 133 Å². The SMILES string of the molecule is Cn1cc[c-]c1-n1ccc2ccc(-n3c4ccccc4c4ccc(N5c6[c-]cccc6C6C=CC=CC65)nc43)nc21.[Pt+2]. The van der Waals surface area contributed by atoms with Gasteiger partial charge >= 0.3 is 21.1 Å². The molecule has 42 heavy (non-hydrogen) atoms. The Labute approximate surface area is 257 Å². The summed E-state index contributed by atoms with van der Waals surface area (Å²) < 4.78 is 6.33. The number of aryl methyl sites for hydroxylation is 1. The molecular weight excluding hydrogens is 700 g/mol. The van der Waals surface area contributed by atoms with E-state index in [4.69, 9.17) is 9.97 Å². The van der Waals surface area contributed by atoms with Crippen LogP contribution in [0.15, 0.2) is 116 Å². The van der Waals surface area contributed by atoms with Crippen molar-refractivity contribution in [1.82, 2.24) is 23.7 Å². The number of rotatable bonds is 3. The molecule has 9 rings (SSSR count). The normalized spacial score (nSPS) is 17.2. The maximum atomic E-state index is 5.37. The summed E-state index contributed by atoms with van der Waals surface area (Å²) >= 11 is 0. The van der Waals surface area contributed by atoms with Crippen molar-refractivity contribution >= 4 is 44.5 Å². The average molecular weight is 724 g/mol. The molecular formula is C35H24N6Pt. The molecule has 0 radical (unpaired) electrons. The molecule has 0 N–H and O–H groups in total. The smallest absolute Gasteiger partial charge is 0.431 e. The molecule has 2 aliphatic rings. The average Bonchev–Trinajstić information content (AvgIpc) is 3.78. The summed E-state index contributed by atoms with van der Waals surface area (Å²) in [4.78, 5) is 12.9. The molecule has 6 heterocycles. The number of nitrogens with zero attached hydrogens (tertiary/aromatic N) is 6. The topological polar surface area (TPSA) is 43.8 Å². The minimum absolute atomic E-state index is 0. The quantitative estimate of drug-likeness (QED) is 0.182. The fourth-order valence-corrected chi connectivity index (χ4v) is 6.59. The second-order valence-electron chi connectivity index (χ2n) is 10.7. The first-order chi connectivity index (χ1) is 20.3. The fourth-order valence-electron chi connectivity index (χ4n) is 6.59. The summed E-state index contributed by atoms with van der Waals surface area (Å²) in [6.45, 7) is 0. The van der Waals surface area contributed by atoms with Crippen LogP contribution in [-0.4, -0.2) is 29.7 Å². The van der Waals surface area contributed by atoms with Crippen molar-refractivity contribution in [2.75, 3.05) is 4.90 Å². The van der Waals surface area contributed by atoms with E-state index in [1.165, 1.54) is 5.56 Å². The Balaban J connectivity index is 0.00000267. The summed E-state index contributed by atoms with van der Waals surface area (Å²) in [7, 11) is 2.02. The van der Waals surface area contributed by atoms with Crippen LogP contribution in [0.1, 0.15) is 11.5 Å². The Morgan fingerprint density at radius 1 is 0.738 bits per heavy atom. The summed E-state index contributed by atoms with van der Waals surface area (Å²) in [6.07, 6.45) is 12.9. The fraction of sp³-hybridized carbons (Fsp3) is 0.0857. The van der Waals surface area contributed by atoms with E-state index in [-0.39, 0.29) is 33.0 Å². The first kappa shape index (κ1) is 25.1. The molecule has 2 unspecified atom stereocenters. The van der Waals surface area contributed by atoms with Crippen molar-refractivity contribution < 1.29 is 21.1 Å². The van der Waals surface area contributed by atoms with Crippen LogP contribution in [-0.2, 0) is 28.1 Å². The van der Waals surface area contributed by atoms with Crippen LogP contribution in [0.25, 0.3) is 44.6 Å². The minimum Gasteiger partial charge on any atom is -0.431 e. The Bertz CT molecular complexity index is 2210. The third kappa shape index (κ3) is 3.48. The predicted molar refractivity (Wildman–Crippen MR) is 163 cm³/mol. The molecule has 0 bridgehead atoms. The van der Waals surface area contributed by atoms with Gasteiger partial charge in [-0.2, -0.15) is 24.3 Å². The number of benzene rings is 2. The van der Waals surface area contributed by atoms with Gasteiger partial charge < -0.3 is 14.0 Å². The zero-order valence-electron chi connectivity index (χ0n) is 22.6. The van der Waals surface area contributed by atoms with Gasteiger partial charge in [-0.25, -0.2) is 22.1 Å². The number of para-hydroxylation sites is 2. The third-order valence-corrected chi connectivity index (χ3v) is 8.45. The standard InChI is InChI=1S/C35H24N6.Pt/c1-38-21-8-15-33(38)39-22-20-23-16-18-32(36-34(23)39)41-30-14-7-4-11-26(30)27-17-19-31(37-35(27)41)40-28-12-5-2-9-24(28)25-10-3-6-13-29(25)40;/h2-12,14,16-22,24,28H,1H3;/q-2;+2. The van der Waals surface area contributed by atoms with E-state index in [1.54, 1.807) is 0 Å². The number of allylic oxidation sites excluding steroid dienone is 2. The Morgan fingerprint density at radius 3 is 2.50 bits per heavy atom. The Hall–Kier alpha value is -4.67. The van der Waals surface area contributed by atoms with E-state index in [0.717, 1.165) is 56.1 Å². The Morgan fingerprint density at radius 2 is 1.60 bits per heavy atom. The molecule has 7 aromatic rings. The van der Waals surface area contributed by atoms with E-state index in [1.807, 2.05) is 25.4 Å². The van der Waals surface area contributed by atoms with E-state index >= 15 is 0 Å². The first-order valence-corrected chi connectivity index (χ1v) is 13.8. The van der Waals surface area contributed by atoms with Gasteiger partial charge in [0, 0.05) is 28.2 Å². The van der Waals surface area contributed by atoms with E-state index in [9.17, 15) is 0 Å². The third-order valence-electron chi connectivity index (χ3n) is 8.45.